The van der Waals surface area contributed by atoms with E-state index in [1.165, 1.54) is 43.6 Å². The zero-order valence-corrected chi connectivity index (χ0v) is 20.6. The van der Waals surface area contributed by atoms with E-state index in [0.29, 0.717) is 34.4 Å². The molecule has 0 aliphatic heterocycles. The van der Waals surface area contributed by atoms with Crippen molar-refractivity contribution in [3.8, 4) is 28.6 Å². The number of carbonyl (C=O) groups excluding carboxylic acids is 2. The number of alkyl halides is 3. The monoisotopic (exact) mass is 535 g/mol. The molecule has 2 aromatic carbocycles. The lowest BCUT2D eigenvalue weighted by Crippen LogP contribution is -2.23. The normalized spacial score (nSPS) is 11.0. The van der Waals surface area contributed by atoms with Crippen molar-refractivity contribution in [3.05, 3.63) is 77.1 Å². The maximum Gasteiger partial charge on any atom is 0.416 e. The highest BCUT2D eigenvalue weighted by atomic mass is 19.4. The molecule has 10 nitrogen and oxygen atoms in total. The molecule has 2 heterocycles. The Morgan fingerprint density at radius 3 is 2.64 bits per heavy atom. The number of aromatic nitrogens is 4. The average Bonchev–Trinajstić information content (AvgIpc) is 3.46. The second-order valence-electron chi connectivity index (χ2n) is 8.27. The fraction of sp³-hybridized carbons (Fsp3) is 0.154. The van der Waals surface area contributed by atoms with Gasteiger partial charge in [-0.2, -0.15) is 23.5 Å². The van der Waals surface area contributed by atoms with Crippen molar-refractivity contribution in [3.63, 3.8) is 0 Å². The van der Waals surface area contributed by atoms with Crippen LogP contribution in [-0.4, -0.2) is 46.7 Å². The van der Waals surface area contributed by atoms with Gasteiger partial charge in [0, 0.05) is 24.7 Å². The van der Waals surface area contributed by atoms with Gasteiger partial charge >= 0.3 is 12.3 Å². The van der Waals surface area contributed by atoms with E-state index in [0.717, 1.165) is 6.07 Å². The SMILES string of the molecule is COC(=O)Nc1cc(-c2cc(C#N)ccc2-c2ncn[nH]2)cc(N(C)Cc2c(C=O)cccc2C(F)(F)F)n1. The second kappa shape index (κ2) is 11.0. The highest BCUT2D eigenvalue weighted by Crippen LogP contribution is 2.36. The van der Waals surface area contributed by atoms with Crippen LogP contribution in [0.3, 0.4) is 0 Å². The number of amides is 1. The van der Waals surface area contributed by atoms with Crippen molar-refractivity contribution < 1.29 is 27.5 Å². The van der Waals surface area contributed by atoms with Crippen LogP contribution in [0, 0.1) is 11.3 Å². The standard InChI is InChI=1S/C26H20F3N7O3/c1-36(12-20-16(13-37)4-3-5-21(20)26(27,28)29)23-10-17(9-22(33-23)34-25(38)39-2)19-8-15(11-30)6-7-18(19)24-31-14-32-35-24/h3-10,13-14H,12H2,1-2H3,(H,31,32,35)(H,33,34,38). The van der Waals surface area contributed by atoms with E-state index in [2.05, 4.69) is 36.3 Å². The lowest BCUT2D eigenvalue weighted by atomic mass is 9.97. The molecule has 0 atom stereocenters. The minimum absolute atomic E-state index is 0.0341. The summed E-state index contributed by atoms with van der Waals surface area (Å²) in [5, 5.41) is 18.6. The van der Waals surface area contributed by atoms with Crippen LogP contribution in [0.15, 0.2) is 54.9 Å². The number of nitrogens with zero attached hydrogens (tertiary/aromatic N) is 5. The van der Waals surface area contributed by atoms with E-state index in [1.54, 1.807) is 24.3 Å². The largest absolute Gasteiger partial charge is 0.453 e. The maximum atomic E-state index is 13.7. The van der Waals surface area contributed by atoms with Crippen LogP contribution in [0.2, 0.25) is 0 Å². The number of aromatic amines is 1. The first kappa shape index (κ1) is 26.8. The summed E-state index contributed by atoms with van der Waals surface area (Å²) < 4.78 is 45.9. The number of nitrogens with one attached hydrogen (secondary N) is 2. The van der Waals surface area contributed by atoms with Crippen LogP contribution in [0.5, 0.6) is 0 Å². The Bertz CT molecular complexity index is 1560. The summed E-state index contributed by atoms with van der Waals surface area (Å²) >= 11 is 0. The summed E-state index contributed by atoms with van der Waals surface area (Å²) in [7, 11) is 2.67. The van der Waals surface area contributed by atoms with Crippen LogP contribution < -0.4 is 10.2 Å². The molecule has 0 spiro atoms. The first-order valence-electron chi connectivity index (χ1n) is 11.3. The molecule has 13 heteroatoms. The predicted octanol–water partition coefficient (Wildman–Crippen LogP) is 5.05. The molecule has 0 fully saturated rings. The van der Waals surface area contributed by atoms with Crippen molar-refractivity contribution in [2.24, 2.45) is 0 Å². The number of H-pyrrole nitrogens is 1. The molecule has 0 saturated carbocycles. The van der Waals surface area contributed by atoms with Crippen LogP contribution in [0.4, 0.5) is 29.6 Å². The summed E-state index contributed by atoms with van der Waals surface area (Å²) in [6.07, 6.45) is -3.83. The van der Waals surface area contributed by atoms with E-state index >= 15 is 0 Å². The molecule has 0 aliphatic rings. The first-order valence-corrected chi connectivity index (χ1v) is 11.3. The molecule has 0 aliphatic carbocycles. The molecule has 2 N–H and O–H groups in total. The fourth-order valence-corrected chi connectivity index (χ4v) is 3.96. The van der Waals surface area contributed by atoms with Crippen molar-refractivity contribution >= 4 is 24.0 Å². The number of benzene rings is 2. The topological polar surface area (TPSA) is 137 Å². The number of aldehydes is 1. The maximum absolute atomic E-state index is 13.7. The lowest BCUT2D eigenvalue weighted by Gasteiger charge is -2.23. The molecule has 2 aromatic heterocycles. The van der Waals surface area contributed by atoms with Crippen LogP contribution in [0.1, 0.15) is 27.0 Å². The van der Waals surface area contributed by atoms with E-state index in [1.807, 2.05) is 0 Å². The summed E-state index contributed by atoms with van der Waals surface area (Å²) in [5.74, 6) is 0.601. The molecule has 0 radical (unpaired) electrons. The van der Waals surface area contributed by atoms with Crippen molar-refractivity contribution in [2.75, 3.05) is 24.4 Å². The summed E-state index contributed by atoms with van der Waals surface area (Å²) in [6, 6.07) is 13.4. The lowest BCUT2D eigenvalue weighted by molar-refractivity contribution is -0.138. The number of rotatable bonds is 7. The Balaban J connectivity index is 1.86. The van der Waals surface area contributed by atoms with Gasteiger partial charge < -0.3 is 9.64 Å². The third kappa shape index (κ3) is 5.85. The minimum Gasteiger partial charge on any atom is -0.453 e. The molecule has 198 valence electrons. The molecule has 4 aromatic rings. The number of nitriles is 1. The first-order chi connectivity index (χ1) is 18.6. The van der Waals surface area contributed by atoms with Crippen LogP contribution in [0.25, 0.3) is 22.5 Å². The van der Waals surface area contributed by atoms with Gasteiger partial charge in [0.25, 0.3) is 0 Å². The van der Waals surface area contributed by atoms with Crippen LogP contribution in [-0.2, 0) is 17.5 Å². The van der Waals surface area contributed by atoms with Gasteiger partial charge in [-0.3, -0.25) is 15.2 Å². The highest BCUT2D eigenvalue weighted by molar-refractivity contribution is 5.88. The van der Waals surface area contributed by atoms with E-state index < -0.39 is 17.8 Å². The molecule has 4 rings (SSSR count). The van der Waals surface area contributed by atoms with Gasteiger partial charge in [0.15, 0.2) is 5.82 Å². The Hall–Kier alpha value is -5.25. The predicted molar refractivity (Wildman–Crippen MR) is 135 cm³/mol. The van der Waals surface area contributed by atoms with Gasteiger partial charge in [-0.05, 0) is 53.1 Å². The number of ether oxygens (including phenoxy) is 1. The second-order valence-corrected chi connectivity index (χ2v) is 8.27. The Kier molecular flexibility index (Phi) is 7.57. The molecular weight excluding hydrogens is 515 g/mol. The van der Waals surface area contributed by atoms with E-state index in [9.17, 15) is 28.0 Å². The van der Waals surface area contributed by atoms with Crippen LogP contribution >= 0.6 is 0 Å². The Labute approximate surface area is 220 Å². The third-order valence-corrected chi connectivity index (χ3v) is 5.79. The number of hydrogen-bond acceptors (Lipinski definition) is 8. The van der Waals surface area contributed by atoms with Gasteiger partial charge in [-0.1, -0.05) is 12.1 Å². The molecule has 0 bridgehead atoms. The van der Waals surface area contributed by atoms with Crippen molar-refractivity contribution in [1.82, 2.24) is 20.2 Å². The number of pyridine rings is 1. The van der Waals surface area contributed by atoms with E-state index in [4.69, 9.17) is 0 Å². The number of carbonyl (C=O) groups is 2. The summed E-state index contributed by atoms with van der Waals surface area (Å²) in [4.78, 5) is 33.5. The van der Waals surface area contributed by atoms with Gasteiger partial charge in [0.1, 0.15) is 24.2 Å². The van der Waals surface area contributed by atoms with Crippen molar-refractivity contribution in [2.45, 2.75) is 12.7 Å². The summed E-state index contributed by atoms with van der Waals surface area (Å²) in [5.41, 5.74) is 0.582. The Morgan fingerprint density at radius 2 is 2.00 bits per heavy atom. The number of hydrogen-bond donors (Lipinski definition) is 2. The Morgan fingerprint density at radius 1 is 1.21 bits per heavy atom. The summed E-state index contributed by atoms with van der Waals surface area (Å²) in [6.45, 7) is -0.328. The van der Waals surface area contributed by atoms with Gasteiger partial charge in [-0.25, -0.2) is 14.8 Å². The number of methoxy groups -OCH3 is 1. The highest BCUT2D eigenvalue weighted by Gasteiger charge is 2.34. The number of anilines is 2. The molecule has 0 unspecified atom stereocenters. The van der Waals surface area contributed by atoms with Gasteiger partial charge in [-0.15, -0.1) is 0 Å². The van der Waals surface area contributed by atoms with Crippen molar-refractivity contribution in [1.29, 1.82) is 5.26 Å². The molecule has 1 amide bonds. The van der Waals surface area contributed by atoms with E-state index in [-0.39, 0.29) is 29.3 Å². The smallest absolute Gasteiger partial charge is 0.416 e. The van der Waals surface area contributed by atoms with Gasteiger partial charge in [0.05, 0.1) is 24.3 Å². The molecular formula is C26H20F3N7O3. The minimum atomic E-state index is -4.69. The third-order valence-electron chi connectivity index (χ3n) is 5.79. The quantitative estimate of drug-likeness (QED) is 0.314. The molecule has 0 saturated heterocycles. The number of halogens is 3. The fourth-order valence-electron chi connectivity index (χ4n) is 3.96. The zero-order valence-electron chi connectivity index (χ0n) is 20.6. The average molecular weight is 535 g/mol. The van der Waals surface area contributed by atoms with Gasteiger partial charge in [0.2, 0.25) is 0 Å². The zero-order chi connectivity index (χ0) is 28.2. The molecule has 39 heavy (non-hydrogen) atoms.